The summed E-state index contributed by atoms with van der Waals surface area (Å²) in [5.74, 6) is 0.663. The number of rotatable bonds is 7. The van der Waals surface area contributed by atoms with Gasteiger partial charge in [-0.1, -0.05) is 6.92 Å². The standard InChI is InChI=1S/C12H22N4O/c1-4-7-13-9-10-8-11(17)15-12(14-10)16(5-2)6-3/h8,13H,4-7,9H2,1-3H3,(H,14,15,17). The molecule has 1 rings (SSSR count). The van der Waals surface area contributed by atoms with Gasteiger partial charge in [0.25, 0.3) is 5.56 Å². The average Bonchev–Trinajstić information content (AvgIpc) is 2.30. The molecule has 0 aliphatic heterocycles. The molecule has 1 heterocycles. The van der Waals surface area contributed by atoms with Gasteiger partial charge >= 0.3 is 0 Å². The maximum atomic E-state index is 11.5. The molecule has 0 aliphatic carbocycles. The Morgan fingerprint density at radius 1 is 1.35 bits per heavy atom. The van der Waals surface area contributed by atoms with E-state index in [1.165, 1.54) is 0 Å². The third-order valence-corrected chi connectivity index (χ3v) is 2.58. The number of anilines is 1. The van der Waals surface area contributed by atoms with E-state index in [-0.39, 0.29) is 5.56 Å². The van der Waals surface area contributed by atoms with E-state index in [4.69, 9.17) is 0 Å². The fourth-order valence-corrected chi connectivity index (χ4v) is 1.65. The molecule has 1 aromatic rings. The van der Waals surface area contributed by atoms with Crippen LogP contribution < -0.4 is 15.8 Å². The summed E-state index contributed by atoms with van der Waals surface area (Å²) in [5, 5.41) is 3.25. The lowest BCUT2D eigenvalue weighted by Gasteiger charge is -2.19. The molecular formula is C12H22N4O. The maximum Gasteiger partial charge on any atom is 0.252 e. The second-order valence-corrected chi connectivity index (χ2v) is 3.91. The normalized spacial score (nSPS) is 10.5. The van der Waals surface area contributed by atoms with E-state index in [1.54, 1.807) is 6.07 Å². The van der Waals surface area contributed by atoms with Crippen LogP contribution in [0.2, 0.25) is 0 Å². The van der Waals surface area contributed by atoms with Crippen LogP contribution in [-0.2, 0) is 6.54 Å². The van der Waals surface area contributed by atoms with Crippen LogP contribution in [0.25, 0.3) is 0 Å². The lowest BCUT2D eigenvalue weighted by Crippen LogP contribution is -2.28. The Balaban J connectivity index is 2.82. The number of aromatic nitrogens is 2. The van der Waals surface area contributed by atoms with Gasteiger partial charge in [0.1, 0.15) is 0 Å². The number of nitrogens with one attached hydrogen (secondary N) is 2. The molecule has 0 aromatic carbocycles. The summed E-state index contributed by atoms with van der Waals surface area (Å²) in [5.41, 5.74) is 0.708. The summed E-state index contributed by atoms with van der Waals surface area (Å²) < 4.78 is 0. The van der Waals surface area contributed by atoms with Crippen LogP contribution in [0, 0.1) is 0 Å². The van der Waals surface area contributed by atoms with Gasteiger partial charge in [0.05, 0.1) is 5.69 Å². The average molecular weight is 238 g/mol. The third kappa shape index (κ3) is 4.19. The Morgan fingerprint density at radius 3 is 2.65 bits per heavy atom. The van der Waals surface area contributed by atoms with Crippen molar-refractivity contribution in [3.63, 3.8) is 0 Å². The summed E-state index contributed by atoms with van der Waals surface area (Å²) in [4.78, 5) is 20.8. The highest BCUT2D eigenvalue weighted by molar-refractivity contribution is 5.29. The van der Waals surface area contributed by atoms with Crippen LogP contribution in [0.4, 0.5) is 5.95 Å². The molecule has 0 unspecified atom stereocenters. The molecule has 0 fully saturated rings. The number of nitrogens with zero attached hydrogens (tertiary/aromatic N) is 2. The van der Waals surface area contributed by atoms with Crippen molar-refractivity contribution >= 4 is 5.95 Å². The maximum absolute atomic E-state index is 11.5. The van der Waals surface area contributed by atoms with Gasteiger partial charge in [-0.15, -0.1) is 0 Å². The number of hydrogen-bond donors (Lipinski definition) is 2. The fourth-order valence-electron chi connectivity index (χ4n) is 1.65. The number of H-pyrrole nitrogens is 1. The Morgan fingerprint density at radius 2 is 2.06 bits per heavy atom. The quantitative estimate of drug-likeness (QED) is 0.699. The molecule has 0 saturated carbocycles. The Labute approximate surface area is 102 Å². The van der Waals surface area contributed by atoms with Gasteiger partial charge in [-0.25, -0.2) is 4.98 Å². The molecular weight excluding hydrogens is 216 g/mol. The molecule has 2 N–H and O–H groups in total. The summed E-state index contributed by atoms with van der Waals surface area (Å²) in [6.07, 6.45) is 1.08. The van der Waals surface area contributed by atoms with Crippen LogP contribution in [0.5, 0.6) is 0 Å². The zero-order valence-corrected chi connectivity index (χ0v) is 10.9. The fraction of sp³-hybridized carbons (Fsp3) is 0.667. The van der Waals surface area contributed by atoms with Crippen LogP contribution in [0.3, 0.4) is 0 Å². The van der Waals surface area contributed by atoms with Gasteiger partial charge in [0, 0.05) is 25.7 Å². The molecule has 5 nitrogen and oxygen atoms in total. The van der Waals surface area contributed by atoms with Crippen molar-refractivity contribution < 1.29 is 0 Å². The molecule has 0 radical (unpaired) electrons. The number of aromatic amines is 1. The first-order valence-corrected chi connectivity index (χ1v) is 6.27. The molecule has 0 amide bonds. The second-order valence-electron chi connectivity index (χ2n) is 3.91. The van der Waals surface area contributed by atoms with Crippen LogP contribution in [0.15, 0.2) is 10.9 Å². The highest BCUT2D eigenvalue weighted by Gasteiger charge is 2.06. The topological polar surface area (TPSA) is 61.0 Å². The lowest BCUT2D eigenvalue weighted by molar-refractivity contribution is 0.659. The summed E-state index contributed by atoms with van der Waals surface area (Å²) in [6, 6.07) is 1.55. The van der Waals surface area contributed by atoms with Gasteiger partial charge < -0.3 is 10.2 Å². The van der Waals surface area contributed by atoms with E-state index in [1.807, 2.05) is 18.7 Å². The van der Waals surface area contributed by atoms with Crippen molar-refractivity contribution in [3.05, 3.63) is 22.1 Å². The first kappa shape index (κ1) is 13.7. The lowest BCUT2D eigenvalue weighted by atomic mass is 10.4. The largest absolute Gasteiger partial charge is 0.343 e. The minimum atomic E-state index is -0.0878. The molecule has 0 aliphatic rings. The van der Waals surface area contributed by atoms with Crippen LogP contribution in [0.1, 0.15) is 32.9 Å². The molecule has 0 bridgehead atoms. The van der Waals surface area contributed by atoms with Crippen molar-refractivity contribution in [1.29, 1.82) is 0 Å². The van der Waals surface area contributed by atoms with E-state index in [0.717, 1.165) is 31.7 Å². The van der Waals surface area contributed by atoms with Crippen LogP contribution >= 0.6 is 0 Å². The van der Waals surface area contributed by atoms with E-state index in [0.29, 0.717) is 12.5 Å². The third-order valence-electron chi connectivity index (χ3n) is 2.58. The van der Waals surface area contributed by atoms with Crippen molar-refractivity contribution in [2.45, 2.75) is 33.7 Å². The minimum Gasteiger partial charge on any atom is -0.343 e. The molecule has 96 valence electrons. The van der Waals surface area contributed by atoms with E-state index in [9.17, 15) is 4.79 Å². The zero-order valence-electron chi connectivity index (χ0n) is 10.9. The highest BCUT2D eigenvalue weighted by Crippen LogP contribution is 2.04. The molecule has 0 spiro atoms. The molecule has 5 heteroatoms. The van der Waals surface area contributed by atoms with E-state index < -0.39 is 0 Å². The van der Waals surface area contributed by atoms with Gasteiger partial charge in [-0.05, 0) is 26.8 Å². The summed E-state index contributed by atoms with van der Waals surface area (Å²) >= 11 is 0. The summed E-state index contributed by atoms with van der Waals surface area (Å²) in [6.45, 7) is 9.47. The molecule has 0 saturated heterocycles. The van der Waals surface area contributed by atoms with Gasteiger partial charge in [-0.3, -0.25) is 9.78 Å². The van der Waals surface area contributed by atoms with Crippen LogP contribution in [-0.4, -0.2) is 29.6 Å². The Hall–Kier alpha value is -1.36. The molecule has 1 aromatic heterocycles. The SMILES string of the molecule is CCCNCc1cc(=O)[nH]c(N(CC)CC)n1. The van der Waals surface area contributed by atoms with Crippen molar-refractivity contribution in [2.24, 2.45) is 0 Å². The monoisotopic (exact) mass is 238 g/mol. The number of hydrogen-bond acceptors (Lipinski definition) is 4. The molecule has 0 atom stereocenters. The first-order valence-electron chi connectivity index (χ1n) is 6.27. The Kier molecular flexibility index (Phi) is 5.69. The van der Waals surface area contributed by atoms with E-state index in [2.05, 4.69) is 22.2 Å². The summed E-state index contributed by atoms with van der Waals surface area (Å²) in [7, 11) is 0. The van der Waals surface area contributed by atoms with Gasteiger partial charge in [-0.2, -0.15) is 0 Å². The molecule has 17 heavy (non-hydrogen) atoms. The van der Waals surface area contributed by atoms with E-state index >= 15 is 0 Å². The van der Waals surface area contributed by atoms with Crippen molar-refractivity contribution in [2.75, 3.05) is 24.5 Å². The predicted molar refractivity (Wildman–Crippen MR) is 70.4 cm³/mol. The zero-order chi connectivity index (χ0) is 12.7. The van der Waals surface area contributed by atoms with Crippen molar-refractivity contribution in [1.82, 2.24) is 15.3 Å². The van der Waals surface area contributed by atoms with Crippen molar-refractivity contribution in [3.8, 4) is 0 Å². The van der Waals surface area contributed by atoms with Gasteiger partial charge in [0.15, 0.2) is 0 Å². The minimum absolute atomic E-state index is 0.0878. The predicted octanol–water partition coefficient (Wildman–Crippen LogP) is 1.12. The second kappa shape index (κ2) is 7.06. The smallest absolute Gasteiger partial charge is 0.252 e. The highest BCUT2D eigenvalue weighted by atomic mass is 16.1. The first-order chi connectivity index (χ1) is 8.21. The van der Waals surface area contributed by atoms with Gasteiger partial charge in [0.2, 0.25) is 5.95 Å². The Bertz CT molecular complexity index is 384.